The number of hydrogen-bond acceptors (Lipinski definition) is 3. The number of nitrogens with two attached hydrogens (primary N) is 1. The molecule has 0 bridgehead atoms. The van der Waals surface area contributed by atoms with Crippen molar-refractivity contribution in [2.45, 2.75) is 44.9 Å². The molecule has 0 aromatic heterocycles. The van der Waals surface area contributed by atoms with Crippen molar-refractivity contribution < 1.29 is 10.2 Å². The van der Waals surface area contributed by atoms with Crippen LogP contribution in [0.5, 0.6) is 0 Å². The zero-order valence-electron chi connectivity index (χ0n) is 6.95. The highest BCUT2D eigenvalue weighted by molar-refractivity contribution is 4.98. The molecule has 3 heteroatoms. The van der Waals surface area contributed by atoms with Crippen LogP contribution in [0.2, 0.25) is 0 Å². The van der Waals surface area contributed by atoms with Gasteiger partial charge in [-0.15, -0.1) is 0 Å². The first-order chi connectivity index (χ1) is 5.07. The summed E-state index contributed by atoms with van der Waals surface area (Å²) in [6.07, 6.45) is 2.45. The first-order valence-corrected chi connectivity index (χ1v) is 4.18. The van der Waals surface area contributed by atoms with Gasteiger partial charge in [0.1, 0.15) is 0 Å². The Morgan fingerprint density at radius 3 is 2.27 bits per heavy atom. The zero-order chi connectivity index (χ0) is 8.48. The van der Waals surface area contributed by atoms with Crippen LogP contribution in [0, 0.1) is 5.41 Å². The van der Waals surface area contributed by atoms with E-state index in [1.807, 2.05) is 6.92 Å². The highest BCUT2D eigenvalue weighted by Gasteiger charge is 2.45. The Hall–Kier alpha value is -0.120. The molecule has 0 saturated heterocycles. The predicted molar refractivity (Wildman–Crippen MR) is 42.8 cm³/mol. The monoisotopic (exact) mass is 159 g/mol. The Bertz CT molecular complexity index is 130. The normalized spacial score (nSPS) is 23.7. The molecule has 11 heavy (non-hydrogen) atoms. The van der Waals surface area contributed by atoms with Crippen LogP contribution in [0.15, 0.2) is 0 Å². The maximum atomic E-state index is 8.64. The molecule has 0 radical (unpaired) electrons. The molecule has 0 aromatic rings. The van der Waals surface area contributed by atoms with E-state index in [4.69, 9.17) is 15.9 Å². The minimum atomic E-state index is -1.16. The predicted octanol–water partition coefficient (Wildman–Crippen LogP) is 0.205. The summed E-state index contributed by atoms with van der Waals surface area (Å²) in [5.74, 6) is 0. The van der Waals surface area contributed by atoms with E-state index in [9.17, 15) is 0 Å². The Labute approximate surface area is 67.2 Å². The van der Waals surface area contributed by atoms with Crippen LogP contribution >= 0.6 is 0 Å². The number of aliphatic hydroxyl groups is 2. The number of aliphatic hydroxyl groups excluding tert-OH is 1. The third-order valence-corrected chi connectivity index (χ3v) is 2.76. The van der Waals surface area contributed by atoms with Gasteiger partial charge in [-0.25, -0.2) is 0 Å². The van der Waals surface area contributed by atoms with E-state index in [1.165, 1.54) is 0 Å². The van der Waals surface area contributed by atoms with Crippen LogP contribution in [0.3, 0.4) is 0 Å². The van der Waals surface area contributed by atoms with Gasteiger partial charge in [-0.2, -0.15) is 0 Å². The van der Waals surface area contributed by atoms with Gasteiger partial charge in [0.05, 0.1) is 0 Å². The molecular formula is C8H17NO2. The van der Waals surface area contributed by atoms with E-state index in [1.54, 1.807) is 0 Å². The molecule has 1 atom stereocenters. The van der Waals surface area contributed by atoms with Crippen molar-refractivity contribution in [3.05, 3.63) is 0 Å². The highest BCUT2D eigenvalue weighted by Crippen LogP contribution is 2.51. The van der Waals surface area contributed by atoms with Gasteiger partial charge in [0, 0.05) is 6.04 Å². The van der Waals surface area contributed by atoms with Gasteiger partial charge < -0.3 is 15.9 Å². The van der Waals surface area contributed by atoms with Crippen LogP contribution in [0.25, 0.3) is 0 Å². The molecule has 0 spiro atoms. The van der Waals surface area contributed by atoms with Crippen molar-refractivity contribution in [1.29, 1.82) is 0 Å². The van der Waals surface area contributed by atoms with Crippen LogP contribution in [-0.2, 0) is 0 Å². The van der Waals surface area contributed by atoms with Gasteiger partial charge in [0.15, 0.2) is 6.29 Å². The second kappa shape index (κ2) is 3.09. The van der Waals surface area contributed by atoms with Gasteiger partial charge in [-0.1, -0.05) is 0 Å². The standard InChI is InChI=1S/C8H17NO2/c1-6(9)8(4-5-8)3-2-7(10)11/h6-7,10-11H,2-5,9H2,1H3. The van der Waals surface area contributed by atoms with Gasteiger partial charge in [0.25, 0.3) is 0 Å². The summed E-state index contributed by atoms with van der Waals surface area (Å²) < 4.78 is 0. The summed E-state index contributed by atoms with van der Waals surface area (Å²) in [7, 11) is 0. The van der Waals surface area contributed by atoms with Gasteiger partial charge in [-0.3, -0.25) is 0 Å². The average Bonchev–Trinajstić information content (AvgIpc) is 2.63. The average molecular weight is 159 g/mol. The Balaban J connectivity index is 2.25. The molecular weight excluding hydrogens is 142 g/mol. The van der Waals surface area contributed by atoms with Gasteiger partial charge >= 0.3 is 0 Å². The third-order valence-electron chi connectivity index (χ3n) is 2.76. The second-order valence-electron chi connectivity index (χ2n) is 3.67. The molecule has 1 rings (SSSR count). The van der Waals surface area contributed by atoms with E-state index >= 15 is 0 Å². The van der Waals surface area contributed by atoms with Gasteiger partial charge in [0.2, 0.25) is 0 Å². The zero-order valence-corrected chi connectivity index (χ0v) is 6.95. The lowest BCUT2D eigenvalue weighted by Gasteiger charge is -2.19. The molecule has 1 aliphatic rings. The largest absolute Gasteiger partial charge is 0.368 e. The van der Waals surface area contributed by atoms with Crippen LogP contribution in [0.1, 0.15) is 32.6 Å². The maximum absolute atomic E-state index is 8.64. The molecule has 3 nitrogen and oxygen atoms in total. The van der Waals surface area contributed by atoms with Crippen molar-refractivity contribution in [3.8, 4) is 0 Å². The van der Waals surface area contributed by atoms with Crippen molar-refractivity contribution in [1.82, 2.24) is 0 Å². The van der Waals surface area contributed by atoms with Crippen molar-refractivity contribution in [2.24, 2.45) is 11.1 Å². The summed E-state index contributed by atoms with van der Waals surface area (Å²) in [6, 6.07) is 0.196. The lowest BCUT2D eigenvalue weighted by atomic mass is 9.93. The topological polar surface area (TPSA) is 66.5 Å². The highest BCUT2D eigenvalue weighted by atomic mass is 16.5. The van der Waals surface area contributed by atoms with E-state index in [2.05, 4.69) is 0 Å². The Kier molecular flexibility index (Phi) is 2.52. The summed E-state index contributed by atoms with van der Waals surface area (Å²) in [5.41, 5.74) is 6.00. The van der Waals surface area contributed by atoms with Crippen LogP contribution in [-0.4, -0.2) is 22.5 Å². The first-order valence-electron chi connectivity index (χ1n) is 4.18. The van der Waals surface area contributed by atoms with Crippen molar-refractivity contribution in [2.75, 3.05) is 0 Å². The lowest BCUT2D eigenvalue weighted by molar-refractivity contribution is -0.0502. The number of hydrogen-bond donors (Lipinski definition) is 3. The van der Waals surface area contributed by atoms with E-state index in [-0.39, 0.29) is 11.5 Å². The molecule has 1 saturated carbocycles. The number of rotatable bonds is 4. The summed E-state index contributed by atoms with van der Waals surface area (Å²) in [5, 5.41) is 17.3. The molecule has 0 amide bonds. The maximum Gasteiger partial charge on any atom is 0.151 e. The van der Waals surface area contributed by atoms with Crippen molar-refractivity contribution >= 4 is 0 Å². The molecule has 66 valence electrons. The summed E-state index contributed by atoms with van der Waals surface area (Å²) in [4.78, 5) is 0. The van der Waals surface area contributed by atoms with Crippen LogP contribution in [0.4, 0.5) is 0 Å². The molecule has 4 N–H and O–H groups in total. The van der Waals surface area contributed by atoms with Gasteiger partial charge in [-0.05, 0) is 38.0 Å². The fraction of sp³-hybridized carbons (Fsp3) is 1.00. The third kappa shape index (κ3) is 2.15. The lowest BCUT2D eigenvalue weighted by Crippen LogP contribution is -2.28. The van der Waals surface area contributed by atoms with E-state index in [0.717, 1.165) is 19.3 Å². The fourth-order valence-electron chi connectivity index (χ4n) is 1.51. The smallest absolute Gasteiger partial charge is 0.151 e. The molecule has 1 aliphatic carbocycles. The molecule has 0 heterocycles. The summed E-state index contributed by atoms with van der Waals surface area (Å²) in [6.45, 7) is 2.00. The minimum absolute atomic E-state index is 0.196. The molecule has 0 aromatic carbocycles. The van der Waals surface area contributed by atoms with E-state index < -0.39 is 6.29 Å². The quantitative estimate of drug-likeness (QED) is 0.513. The van der Waals surface area contributed by atoms with E-state index in [0.29, 0.717) is 6.42 Å². The SMILES string of the molecule is CC(N)C1(CCC(O)O)CC1. The molecule has 1 fully saturated rings. The minimum Gasteiger partial charge on any atom is -0.368 e. The Morgan fingerprint density at radius 2 is 2.00 bits per heavy atom. The van der Waals surface area contributed by atoms with Crippen LogP contribution < -0.4 is 5.73 Å². The first kappa shape index (κ1) is 8.97. The summed E-state index contributed by atoms with van der Waals surface area (Å²) >= 11 is 0. The van der Waals surface area contributed by atoms with Crippen molar-refractivity contribution in [3.63, 3.8) is 0 Å². The second-order valence-corrected chi connectivity index (χ2v) is 3.67. The Morgan fingerprint density at radius 1 is 1.45 bits per heavy atom. The molecule has 0 aliphatic heterocycles. The molecule has 1 unspecified atom stereocenters. The fourth-order valence-corrected chi connectivity index (χ4v) is 1.51.